The van der Waals surface area contributed by atoms with Crippen molar-refractivity contribution in [2.24, 2.45) is 0 Å². The van der Waals surface area contributed by atoms with Gasteiger partial charge in [-0.15, -0.1) is 0 Å². The molecule has 0 aliphatic carbocycles. The van der Waals surface area contributed by atoms with Crippen molar-refractivity contribution in [3.8, 4) is 0 Å². The van der Waals surface area contributed by atoms with Crippen LogP contribution < -0.4 is 5.32 Å². The Morgan fingerprint density at radius 2 is 1.52 bits per heavy atom. The Morgan fingerprint density at radius 1 is 0.926 bits per heavy atom. The van der Waals surface area contributed by atoms with Crippen LogP contribution in [0.15, 0.2) is 0 Å². The SMILES string of the molecule is CO[C@@H]1O[C@H](CO)[C@H](OC2O[C@H](CO)[C@H](O)[C@H](O)[C@H]2O)[C@H](O)[C@H]1NC(C)=O. The van der Waals surface area contributed by atoms with Gasteiger partial charge in [0, 0.05) is 14.0 Å². The molecule has 1 unspecified atom stereocenters. The molecular weight excluding hydrogens is 370 g/mol. The van der Waals surface area contributed by atoms with Crippen LogP contribution in [-0.4, -0.2) is 118 Å². The Kier molecular flexibility index (Phi) is 7.88. The van der Waals surface area contributed by atoms with Crippen molar-refractivity contribution in [3.63, 3.8) is 0 Å². The van der Waals surface area contributed by atoms with Gasteiger partial charge in [-0.2, -0.15) is 0 Å². The van der Waals surface area contributed by atoms with Crippen molar-refractivity contribution in [3.05, 3.63) is 0 Å². The Bertz CT molecular complexity index is 492. The van der Waals surface area contributed by atoms with E-state index in [2.05, 4.69) is 5.32 Å². The van der Waals surface area contributed by atoms with E-state index in [0.29, 0.717) is 0 Å². The smallest absolute Gasteiger partial charge is 0.217 e. The van der Waals surface area contributed by atoms with Gasteiger partial charge in [0.15, 0.2) is 12.6 Å². The number of hydrogen-bond acceptors (Lipinski definition) is 11. The highest BCUT2D eigenvalue weighted by molar-refractivity contribution is 5.73. The van der Waals surface area contributed by atoms with Gasteiger partial charge in [-0.1, -0.05) is 0 Å². The molecule has 2 heterocycles. The second-order valence-electron chi connectivity index (χ2n) is 6.48. The molecule has 0 bridgehead atoms. The van der Waals surface area contributed by atoms with E-state index in [1.807, 2.05) is 0 Å². The van der Waals surface area contributed by atoms with E-state index in [1.165, 1.54) is 14.0 Å². The van der Waals surface area contributed by atoms with Crippen molar-refractivity contribution >= 4 is 5.91 Å². The summed E-state index contributed by atoms with van der Waals surface area (Å²) in [4.78, 5) is 11.4. The van der Waals surface area contributed by atoms with Crippen molar-refractivity contribution in [1.82, 2.24) is 5.32 Å². The van der Waals surface area contributed by atoms with Crippen molar-refractivity contribution in [2.45, 2.75) is 68.3 Å². The quantitative estimate of drug-likeness (QED) is 0.228. The molecule has 12 heteroatoms. The predicted octanol–water partition coefficient (Wildman–Crippen LogP) is -4.60. The predicted molar refractivity (Wildman–Crippen MR) is 85.0 cm³/mol. The minimum absolute atomic E-state index is 0.473. The van der Waals surface area contributed by atoms with Crippen molar-refractivity contribution < 1.29 is 54.4 Å². The second-order valence-corrected chi connectivity index (χ2v) is 6.48. The summed E-state index contributed by atoms with van der Waals surface area (Å²) in [6, 6.07) is -1.05. The largest absolute Gasteiger partial charge is 0.394 e. The standard InChI is InChI=1S/C15H27NO11/c1-5(19)16-8-10(21)13(7(4-18)26-14(8)24-2)27-15-12(23)11(22)9(20)6(3-17)25-15/h6-15,17-18,20-23H,3-4H2,1-2H3,(H,16,19)/t6-,7-,8-,9+,10-,11+,12-,13+,14-,15?/m1/s1. The topological polar surface area (TPSA) is 187 Å². The number of aliphatic hydroxyl groups is 6. The van der Waals surface area contributed by atoms with Gasteiger partial charge in [-0.05, 0) is 0 Å². The zero-order chi connectivity index (χ0) is 20.3. The minimum Gasteiger partial charge on any atom is -0.394 e. The van der Waals surface area contributed by atoms with Gasteiger partial charge in [0.2, 0.25) is 5.91 Å². The zero-order valence-corrected chi connectivity index (χ0v) is 14.9. The van der Waals surface area contributed by atoms with Crippen LogP contribution in [0, 0.1) is 0 Å². The fourth-order valence-corrected chi connectivity index (χ4v) is 3.16. The average molecular weight is 397 g/mol. The summed E-state index contributed by atoms with van der Waals surface area (Å²) in [6.45, 7) is -0.0188. The van der Waals surface area contributed by atoms with Crippen LogP contribution in [-0.2, 0) is 23.7 Å². The molecule has 1 amide bonds. The summed E-state index contributed by atoms with van der Waals surface area (Å²) in [5, 5.41) is 61.6. The third-order valence-electron chi connectivity index (χ3n) is 4.59. The minimum atomic E-state index is -1.70. The molecule has 27 heavy (non-hydrogen) atoms. The maximum absolute atomic E-state index is 11.4. The van der Waals surface area contributed by atoms with Gasteiger partial charge in [0.05, 0.1) is 13.2 Å². The molecule has 2 saturated heterocycles. The van der Waals surface area contributed by atoms with E-state index in [-0.39, 0.29) is 0 Å². The highest BCUT2D eigenvalue weighted by atomic mass is 16.7. The summed E-state index contributed by atoms with van der Waals surface area (Å²) in [6.07, 6.45) is -12.6. The summed E-state index contributed by atoms with van der Waals surface area (Å²) in [5.74, 6) is -0.473. The molecule has 2 rings (SSSR count). The van der Waals surface area contributed by atoms with Crippen LogP contribution in [0.1, 0.15) is 6.92 Å². The van der Waals surface area contributed by atoms with Crippen LogP contribution in [0.25, 0.3) is 0 Å². The number of rotatable bonds is 6. The molecule has 0 aromatic rings. The van der Waals surface area contributed by atoms with E-state index in [4.69, 9.17) is 18.9 Å². The molecule has 2 fully saturated rings. The number of nitrogens with one attached hydrogen (secondary N) is 1. The lowest BCUT2D eigenvalue weighted by molar-refractivity contribution is -0.346. The lowest BCUT2D eigenvalue weighted by Crippen LogP contribution is -2.67. The van der Waals surface area contributed by atoms with Crippen LogP contribution in [0.3, 0.4) is 0 Å². The molecule has 0 saturated carbocycles. The van der Waals surface area contributed by atoms with Gasteiger partial charge < -0.3 is 54.9 Å². The van der Waals surface area contributed by atoms with E-state index in [1.54, 1.807) is 0 Å². The fraction of sp³-hybridized carbons (Fsp3) is 0.933. The Hall–Kier alpha value is -0.930. The van der Waals surface area contributed by atoms with Crippen LogP contribution in [0.2, 0.25) is 0 Å². The molecule has 158 valence electrons. The number of aliphatic hydroxyl groups excluding tert-OH is 6. The molecule has 2 aliphatic rings. The van der Waals surface area contributed by atoms with Gasteiger partial charge in [0.25, 0.3) is 0 Å². The summed E-state index contributed by atoms with van der Waals surface area (Å²) in [5.41, 5.74) is 0. The summed E-state index contributed by atoms with van der Waals surface area (Å²) < 4.78 is 21.3. The van der Waals surface area contributed by atoms with Gasteiger partial charge in [-0.3, -0.25) is 4.79 Å². The summed E-state index contributed by atoms with van der Waals surface area (Å²) >= 11 is 0. The summed E-state index contributed by atoms with van der Waals surface area (Å²) in [7, 11) is 1.29. The van der Waals surface area contributed by atoms with E-state index < -0.39 is 80.5 Å². The first kappa shape index (κ1) is 22.4. The normalized spacial score (nSPS) is 45.5. The Labute approximate surface area is 155 Å². The number of carbonyl (C=O) groups excluding carboxylic acids is 1. The first-order valence-electron chi connectivity index (χ1n) is 8.45. The Morgan fingerprint density at radius 3 is 2.04 bits per heavy atom. The number of hydrogen-bond donors (Lipinski definition) is 7. The Balaban J connectivity index is 2.19. The third-order valence-corrected chi connectivity index (χ3v) is 4.59. The molecule has 0 spiro atoms. The maximum atomic E-state index is 11.4. The lowest BCUT2D eigenvalue weighted by Gasteiger charge is -2.46. The van der Waals surface area contributed by atoms with E-state index in [0.717, 1.165) is 0 Å². The molecule has 12 nitrogen and oxygen atoms in total. The molecular formula is C15H27NO11. The molecule has 0 aromatic heterocycles. The van der Waals surface area contributed by atoms with E-state index in [9.17, 15) is 35.4 Å². The molecule has 7 N–H and O–H groups in total. The highest BCUT2D eigenvalue weighted by Crippen LogP contribution is 2.29. The van der Waals surface area contributed by atoms with Crippen LogP contribution in [0.4, 0.5) is 0 Å². The van der Waals surface area contributed by atoms with Crippen LogP contribution >= 0.6 is 0 Å². The lowest BCUT2D eigenvalue weighted by atomic mass is 9.95. The first-order chi connectivity index (χ1) is 12.7. The third kappa shape index (κ3) is 4.74. The van der Waals surface area contributed by atoms with Gasteiger partial charge in [-0.25, -0.2) is 0 Å². The van der Waals surface area contributed by atoms with Gasteiger partial charge >= 0.3 is 0 Å². The zero-order valence-electron chi connectivity index (χ0n) is 14.9. The number of carbonyl (C=O) groups is 1. The van der Waals surface area contributed by atoms with Crippen LogP contribution in [0.5, 0.6) is 0 Å². The average Bonchev–Trinajstić information content (AvgIpc) is 2.64. The first-order valence-corrected chi connectivity index (χ1v) is 8.45. The maximum Gasteiger partial charge on any atom is 0.217 e. The molecule has 0 aromatic carbocycles. The number of amides is 1. The molecule has 2 aliphatic heterocycles. The van der Waals surface area contributed by atoms with E-state index >= 15 is 0 Å². The van der Waals surface area contributed by atoms with Crippen molar-refractivity contribution in [1.29, 1.82) is 0 Å². The molecule has 0 radical (unpaired) electrons. The van der Waals surface area contributed by atoms with Crippen molar-refractivity contribution in [2.75, 3.05) is 20.3 Å². The monoisotopic (exact) mass is 397 g/mol. The second kappa shape index (κ2) is 9.52. The molecule has 10 atom stereocenters. The van der Waals surface area contributed by atoms with Gasteiger partial charge in [0.1, 0.15) is 48.8 Å². The number of methoxy groups -OCH3 is 1. The fourth-order valence-electron chi connectivity index (χ4n) is 3.16. The number of ether oxygens (including phenoxy) is 4. The highest BCUT2D eigenvalue weighted by Gasteiger charge is 2.51.